The smallest absolute Gasteiger partial charge is 0.253 e. The summed E-state index contributed by atoms with van der Waals surface area (Å²) in [6, 6.07) is 11.7. The van der Waals surface area contributed by atoms with Gasteiger partial charge in [0, 0.05) is 55.1 Å². The summed E-state index contributed by atoms with van der Waals surface area (Å²) < 4.78 is 2.01. The molecule has 0 spiro atoms. The van der Waals surface area contributed by atoms with Gasteiger partial charge in [0.2, 0.25) is 5.91 Å². The van der Waals surface area contributed by atoms with E-state index in [0.717, 1.165) is 18.5 Å². The average molecular weight is 374 g/mol. The molecule has 0 aliphatic carbocycles. The third-order valence-corrected chi connectivity index (χ3v) is 4.97. The molecule has 0 saturated carbocycles. The van der Waals surface area contributed by atoms with E-state index in [1.165, 1.54) is 0 Å². The minimum atomic E-state index is 0.0518. The molecule has 1 aliphatic heterocycles. The predicted octanol–water partition coefficient (Wildman–Crippen LogP) is 3.22. The van der Waals surface area contributed by atoms with Crippen molar-refractivity contribution in [3.05, 3.63) is 54.4 Å². The van der Waals surface area contributed by atoms with Gasteiger partial charge in [-0.05, 0) is 55.7 Å². The number of likely N-dealkylation sites (tertiary alicyclic amines) is 1. The Morgan fingerprint density at radius 1 is 1.08 bits per heavy atom. The highest BCUT2D eigenvalue weighted by Gasteiger charge is 2.24. The van der Waals surface area contributed by atoms with Gasteiger partial charge in [0.15, 0.2) is 0 Å². The first-order valence-electron chi connectivity index (χ1n) is 9.05. The molecule has 1 N–H and O–H groups in total. The number of rotatable bonds is 6. The van der Waals surface area contributed by atoms with Gasteiger partial charge in [-0.2, -0.15) is 0 Å². The number of carbonyl (C=O) groups excluding carboxylic acids is 2. The molecule has 138 valence electrons. The largest absolute Gasteiger partial charge is 0.353 e. The summed E-state index contributed by atoms with van der Waals surface area (Å²) in [5, 5.41) is 3.04. The zero-order valence-electron chi connectivity index (χ0n) is 14.7. The minimum Gasteiger partial charge on any atom is -0.353 e. The first kappa shape index (κ1) is 18.5. The fraction of sp³-hybridized carbons (Fsp3) is 0.400. The Balaban J connectivity index is 1.51. The van der Waals surface area contributed by atoms with Gasteiger partial charge >= 0.3 is 0 Å². The van der Waals surface area contributed by atoms with Gasteiger partial charge in [-0.15, -0.1) is 11.6 Å². The summed E-state index contributed by atoms with van der Waals surface area (Å²) in [7, 11) is 0. The lowest BCUT2D eigenvalue weighted by Gasteiger charge is -2.32. The van der Waals surface area contributed by atoms with Crippen LogP contribution in [-0.2, 0) is 4.79 Å². The standard InChI is InChI=1S/C20H24ClN3O2/c21-11-3-4-19(25)22-17-9-14-24(15-10-17)20(26)16-5-7-18(8-6-16)23-12-1-2-13-23/h1-2,5-8,12-13,17H,3-4,9-11,14-15H2,(H,22,25). The third kappa shape index (κ3) is 4.67. The number of piperidine rings is 1. The average Bonchev–Trinajstić information content (AvgIpc) is 3.21. The lowest BCUT2D eigenvalue weighted by Crippen LogP contribution is -2.46. The van der Waals surface area contributed by atoms with Gasteiger partial charge in [-0.25, -0.2) is 0 Å². The van der Waals surface area contributed by atoms with Crippen LogP contribution in [0.2, 0.25) is 0 Å². The topological polar surface area (TPSA) is 54.3 Å². The maximum absolute atomic E-state index is 12.7. The maximum Gasteiger partial charge on any atom is 0.253 e. The number of alkyl halides is 1. The fourth-order valence-electron chi connectivity index (χ4n) is 3.22. The van der Waals surface area contributed by atoms with Gasteiger partial charge in [0.05, 0.1) is 0 Å². The van der Waals surface area contributed by atoms with Crippen molar-refractivity contribution < 1.29 is 9.59 Å². The van der Waals surface area contributed by atoms with Crippen LogP contribution >= 0.6 is 11.6 Å². The van der Waals surface area contributed by atoms with Crippen molar-refractivity contribution in [1.29, 1.82) is 0 Å². The van der Waals surface area contributed by atoms with E-state index in [9.17, 15) is 9.59 Å². The molecular formula is C20H24ClN3O2. The summed E-state index contributed by atoms with van der Waals surface area (Å²) in [4.78, 5) is 26.3. The normalized spacial score (nSPS) is 15.0. The number of nitrogens with one attached hydrogen (secondary N) is 1. The molecule has 0 bridgehead atoms. The van der Waals surface area contributed by atoms with Crippen LogP contribution < -0.4 is 5.32 Å². The first-order chi connectivity index (χ1) is 12.7. The molecule has 2 aromatic rings. The number of hydrogen-bond acceptors (Lipinski definition) is 2. The molecule has 0 atom stereocenters. The number of nitrogens with zero attached hydrogens (tertiary/aromatic N) is 2. The monoisotopic (exact) mass is 373 g/mol. The molecule has 0 unspecified atom stereocenters. The Labute approximate surface area is 158 Å². The Morgan fingerprint density at radius 2 is 1.73 bits per heavy atom. The van der Waals surface area contributed by atoms with Gasteiger partial charge in [0.25, 0.3) is 5.91 Å². The molecule has 1 aliphatic rings. The van der Waals surface area contributed by atoms with Gasteiger partial charge in [-0.1, -0.05) is 0 Å². The summed E-state index contributed by atoms with van der Waals surface area (Å²) in [5.41, 5.74) is 1.73. The molecule has 3 rings (SSSR count). The molecule has 1 saturated heterocycles. The van der Waals surface area contributed by atoms with Crippen LogP contribution in [0.25, 0.3) is 5.69 Å². The van der Waals surface area contributed by atoms with Crippen LogP contribution in [0.4, 0.5) is 0 Å². The zero-order chi connectivity index (χ0) is 18.4. The minimum absolute atomic E-state index is 0.0518. The van der Waals surface area contributed by atoms with Crippen LogP contribution in [0.15, 0.2) is 48.8 Å². The number of benzene rings is 1. The van der Waals surface area contributed by atoms with Crippen molar-refractivity contribution >= 4 is 23.4 Å². The molecule has 1 aromatic heterocycles. The molecule has 2 amide bonds. The molecule has 1 fully saturated rings. The van der Waals surface area contributed by atoms with E-state index >= 15 is 0 Å². The van der Waals surface area contributed by atoms with E-state index in [1.54, 1.807) is 0 Å². The molecule has 5 nitrogen and oxygen atoms in total. The van der Waals surface area contributed by atoms with Crippen LogP contribution in [0.1, 0.15) is 36.0 Å². The predicted molar refractivity (Wildman–Crippen MR) is 103 cm³/mol. The summed E-state index contributed by atoms with van der Waals surface area (Å²) in [5.74, 6) is 0.607. The van der Waals surface area contributed by atoms with E-state index in [1.807, 2.05) is 58.3 Å². The van der Waals surface area contributed by atoms with Crippen molar-refractivity contribution in [2.24, 2.45) is 0 Å². The van der Waals surface area contributed by atoms with Gasteiger partial charge < -0.3 is 14.8 Å². The van der Waals surface area contributed by atoms with E-state index in [2.05, 4.69) is 5.32 Å². The number of halogens is 1. The number of amides is 2. The van der Waals surface area contributed by atoms with E-state index in [4.69, 9.17) is 11.6 Å². The Bertz CT molecular complexity index is 720. The quantitative estimate of drug-likeness (QED) is 0.790. The lowest BCUT2D eigenvalue weighted by atomic mass is 10.0. The van der Waals surface area contributed by atoms with Crippen LogP contribution in [0, 0.1) is 0 Å². The molecule has 0 radical (unpaired) electrons. The highest BCUT2D eigenvalue weighted by Crippen LogP contribution is 2.16. The Hall–Kier alpha value is -2.27. The molecule has 1 aromatic carbocycles. The fourth-order valence-corrected chi connectivity index (χ4v) is 3.35. The van der Waals surface area contributed by atoms with Crippen molar-refractivity contribution in [1.82, 2.24) is 14.8 Å². The van der Waals surface area contributed by atoms with E-state index in [0.29, 0.717) is 37.4 Å². The molecule has 6 heteroatoms. The second kappa shape index (κ2) is 8.90. The SMILES string of the molecule is O=C(CCCCl)NC1CCN(C(=O)c2ccc(-n3cccc3)cc2)CC1. The maximum atomic E-state index is 12.7. The summed E-state index contributed by atoms with van der Waals surface area (Å²) >= 11 is 5.61. The summed E-state index contributed by atoms with van der Waals surface area (Å²) in [6.45, 7) is 1.33. The lowest BCUT2D eigenvalue weighted by molar-refractivity contribution is -0.122. The molecule has 2 heterocycles. The van der Waals surface area contributed by atoms with Crippen molar-refractivity contribution in [3.8, 4) is 5.69 Å². The second-order valence-electron chi connectivity index (χ2n) is 6.56. The Kier molecular flexibility index (Phi) is 6.34. The first-order valence-corrected chi connectivity index (χ1v) is 9.59. The van der Waals surface area contributed by atoms with E-state index in [-0.39, 0.29) is 17.9 Å². The molecular weight excluding hydrogens is 350 g/mol. The second-order valence-corrected chi connectivity index (χ2v) is 6.94. The number of hydrogen-bond donors (Lipinski definition) is 1. The van der Waals surface area contributed by atoms with Crippen molar-refractivity contribution in [3.63, 3.8) is 0 Å². The molecule has 26 heavy (non-hydrogen) atoms. The van der Waals surface area contributed by atoms with E-state index < -0.39 is 0 Å². The van der Waals surface area contributed by atoms with Crippen molar-refractivity contribution in [2.75, 3.05) is 19.0 Å². The van der Waals surface area contributed by atoms with Gasteiger partial charge in [-0.3, -0.25) is 9.59 Å². The third-order valence-electron chi connectivity index (χ3n) is 4.70. The van der Waals surface area contributed by atoms with Crippen LogP contribution in [-0.4, -0.2) is 46.3 Å². The number of carbonyl (C=O) groups is 2. The highest BCUT2D eigenvalue weighted by molar-refractivity contribution is 6.17. The number of aromatic nitrogens is 1. The van der Waals surface area contributed by atoms with Crippen LogP contribution in [0.5, 0.6) is 0 Å². The Morgan fingerprint density at radius 3 is 2.35 bits per heavy atom. The summed E-state index contributed by atoms with van der Waals surface area (Å²) in [6.07, 6.45) is 6.70. The zero-order valence-corrected chi connectivity index (χ0v) is 15.5. The van der Waals surface area contributed by atoms with Crippen LogP contribution in [0.3, 0.4) is 0 Å². The van der Waals surface area contributed by atoms with Gasteiger partial charge in [0.1, 0.15) is 0 Å². The van der Waals surface area contributed by atoms with Crippen molar-refractivity contribution in [2.45, 2.75) is 31.7 Å². The highest BCUT2D eigenvalue weighted by atomic mass is 35.5.